The highest BCUT2D eigenvalue weighted by molar-refractivity contribution is 7.89. The van der Waals surface area contributed by atoms with Crippen molar-refractivity contribution in [3.63, 3.8) is 0 Å². The molecule has 1 aromatic carbocycles. The molecule has 100 valence electrons. The molecule has 0 saturated carbocycles. The lowest BCUT2D eigenvalue weighted by Crippen LogP contribution is -2.35. The van der Waals surface area contributed by atoms with E-state index < -0.39 is 10.0 Å². The average molecular weight is 291 g/mol. The quantitative estimate of drug-likeness (QED) is 0.822. The number of nitrogens with one attached hydrogen (secondary N) is 1. The van der Waals surface area contributed by atoms with E-state index in [1.165, 1.54) is 6.07 Å². The maximum atomic E-state index is 12.2. The molecule has 0 amide bonds. The highest BCUT2D eigenvalue weighted by Crippen LogP contribution is 2.26. The van der Waals surface area contributed by atoms with Gasteiger partial charge in [0.25, 0.3) is 0 Å². The Morgan fingerprint density at radius 1 is 1.50 bits per heavy atom. The molecule has 0 aromatic heterocycles. The topological polar surface area (TPSA) is 81.4 Å². The minimum Gasteiger partial charge on any atom is -0.397 e. The number of ether oxygens (including phenoxy) is 1. The molecule has 0 aliphatic carbocycles. The molecule has 1 aromatic rings. The molecule has 1 fully saturated rings. The minimum absolute atomic E-state index is 0.163. The van der Waals surface area contributed by atoms with E-state index in [1.54, 1.807) is 13.0 Å². The zero-order valence-electron chi connectivity index (χ0n) is 9.94. The fourth-order valence-electron chi connectivity index (χ4n) is 1.87. The van der Waals surface area contributed by atoms with Crippen LogP contribution in [-0.2, 0) is 14.8 Å². The fourth-order valence-corrected chi connectivity index (χ4v) is 3.60. The minimum atomic E-state index is -3.58. The summed E-state index contributed by atoms with van der Waals surface area (Å²) < 4.78 is 32.2. The van der Waals surface area contributed by atoms with Crippen LogP contribution in [0.2, 0.25) is 5.02 Å². The molecular weight excluding hydrogens is 276 g/mol. The van der Waals surface area contributed by atoms with Crippen molar-refractivity contribution in [2.45, 2.75) is 24.3 Å². The Morgan fingerprint density at radius 2 is 2.22 bits per heavy atom. The lowest BCUT2D eigenvalue weighted by molar-refractivity contribution is 0.192. The van der Waals surface area contributed by atoms with Gasteiger partial charge in [0.15, 0.2) is 0 Å². The summed E-state index contributed by atoms with van der Waals surface area (Å²) in [5, 5.41) is 0.357. The molecule has 5 nitrogen and oxygen atoms in total. The van der Waals surface area contributed by atoms with Gasteiger partial charge in [-0.2, -0.15) is 0 Å². The zero-order valence-corrected chi connectivity index (χ0v) is 11.5. The molecule has 7 heteroatoms. The SMILES string of the molecule is Cc1cc(Cl)c(N)cc1S(=O)(=O)NC1CCOC1. The van der Waals surface area contributed by atoms with E-state index in [0.717, 1.165) is 0 Å². The number of halogens is 1. The average Bonchev–Trinajstić information content (AvgIpc) is 2.75. The first-order chi connectivity index (χ1) is 8.40. The highest BCUT2D eigenvalue weighted by atomic mass is 35.5. The molecular formula is C11H15ClN2O3S. The van der Waals surface area contributed by atoms with Crippen molar-refractivity contribution < 1.29 is 13.2 Å². The summed E-state index contributed by atoms with van der Waals surface area (Å²) in [6.45, 7) is 2.67. The third-order valence-electron chi connectivity index (χ3n) is 2.84. The van der Waals surface area contributed by atoms with Gasteiger partial charge in [-0.25, -0.2) is 13.1 Å². The van der Waals surface area contributed by atoms with E-state index in [9.17, 15) is 8.42 Å². The molecule has 0 spiro atoms. The molecule has 0 radical (unpaired) electrons. The Hall–Kier alpha value is -0.820. The summed E-state index contributed by atoms with van der Waals surface area (Å²) in [5.41, 5.74) is 6.47. The maximum absolute atomic E-state index is 12.2. The second kappa shape index (κ2) is 5.05. The normalized spacial score (nSPS) is 20.2. The number of nitrogens with two attached hydrogens (primary N) is 1. The van der Waals surface area contributed by atoms with Crippen LogP contribution in [0.25, 0.3) is 0 Å². The Balaban J connectivity index is 2.31. The van der Waals surface area contributed by atoms with Gasteiger partial charge < -0.3 is 10.5 Å². The highest BCUT2D eigenvalue weighted by Gasteiger charge is 2.25. The summed E-state index contributed by atoms with van der Waals surface area (Å²) >= 11 is 5.85. The molecule has 2 rings (SSSR count). The van der Waals surface area contributed by atoms with Crippen molar-refractivity contribution in [3.05, 3.63) is 22.7 Å². The predicted octanol–water partition coefficient (Wildman–Crippen LogP) is 1.30. The van der Waals surface area contributed by atoms with Crippen LogP contribution in [0.3, 0.4) is 0 Å². The van der Waals surface area contributed by atoms with Gasteiger partial charge in [0.1, 0.15) is 0 Å². The standard InChI is InChI=1S/C11H15ClN2O3S/c1-7-4-9(12)10(13)5-11(7)18(15,16)14-8-2-3-17-6-8/h4-5,8,14H,2-3,6,13H2,1H3. The summed E-state index contributed by atoms with van der Waals surface area (Å²) in [5.74, 6) is 0. The fraction of sp³-hybridized carbons (Fsp3) is 0.455. The van der Waals surface area contributed by atoms with Gasteiger partial charge in [-0.15, -0.1) is 0 Å². The van der Waals surface area contributed by atoms with Crippen LogP contribution in [0.4, 0.5) is 5.69 Å². The van der Waals surface area contributed by atoms with Crippen LogP contribution in [0.15, 0.2) is 17.0 Å². The predicted molar refractivity (Wildman–Crippen MR) is 70.1 cm³/mol. The van der Waals surface area contributed by atoms with Gasteiger partial charge in [0, 0.05) is 12.6 Å². The first-order valence-electron chi connectivity index (χ1n) is 5.56. The number of rotatable bonds is 3. The smallest absolute Gasteiger partial charge is 0.241 e. The first kappa shape index (κ1) is 13.6. The van der Waals surface area contributed by atoms with Gasteiger partial charge in [-0.3, -0.25) is 0 Å². The van der Waals surface area contributed by atoms with Crippen LogP contribution >= 0.6 is 11.6 Å². The third-order valence-corrected chi connectivity index (χ3v) is 4.83. The van der Waals surface area contributed by atoms with Gasteiger partial charge >= 0.3 is 0 Å². The van der Waals surface area contributed by atoms with E-state index in [1.807, 2.05) is 0 Å². The number of benzene rings is 1. The Labute approximate surface area is 111 Å². The Morgan fingerprint density at radius 3 is 2.83 bits per heavy atom. The van der Waals surface area contributed by atoms with Crippen molar-refractivity contribution in [1.29, 1.82) is 0 Å². The largest absolute Gasteiger partial charge is 0.397 e. The van der Waals surface area contributed by atoms with Crippen molar-refractivity contribution in [2.75, 3.05) is 18.9 Å². The summed E-state index contributed by atoms with van der Waals surface area (Å²) in [6, 6.07) is 2.76. The number of nitrogen functional groups attached to an aromatic ring is 1. The van der Waals surface area contributed by atoms with Crippen molar-refractivity contribution in [1.82, 2.24) is 4.72 Å². The van der Waals surface area contributed by atoms with Crippen LogP contribution in [0, 0.1) is 6.92 Å². The molecule has 0 bridgehead atoms. The van der Waals surface area contributed by atoms with Crippen molar-refractivity contribution in [2.24, 2.45) is 0 Å². The van der Waals surface area contributed by atoms with Crippen LogP contribution < -0.4 is 10.5 Å². The molecule has 1 atom stereocenters. The Bertz CT molecular complexity index is 554. The lowest BCUT2D eigenvalue weighted by atomic mass is 10.2. The van der Waals surface area contributed by atoms with Crippen LogP contribution in [0.1, 0.15) is 12.0 Å². The van der Waals surface area contributed by atoms with Crippen LogP contribution in [0.5, 0.6) is 0 Å². The molecule has 18 heavy (non-hydrogen) atoms. The second-order valence-electron chi connectivity index (χ2n) is 4.32. The molecule has 1 aliphatic rings. The van der Waals surface area contributed by atoms with E-state index in [-0.39, 0.29) is 16.6 Å². The van der Waals surface area contributed by atoms with Crippen molar-refractivity contribution in [3.8, 4) is 0 Å². The molecule has 1 heterocycles. The van der Waals surface area contributed by atoms with Crippen molar-refractivity contribution >= 4 is 27.3 Å². The summed E-state index contributed by atoms with van der Waals surface area (Å²) in [7, 11) is -3.58. The number of hydrogen-bond acceptors (Lipinski definition) is 4. The molecule has 3 N–H and O–H groups in total. The molecule has 1 unspecified atom stereocenters. The van der Waals surface area contributed by atoms with E-state index in [4.69, 9.17) is 22.1 Å². The van der Waals surface area contributed by atoms with Gasteiger partial charge in [-0.1, -0.05) is 11.6 Å². The van der Waals surface area contributed by atoms with E-state index >= 15 is 0 Å². The maximum Gasteiger partial charge on any atom is 0.241 e. The lowest BCUT2D eigenvalue weighted by Gasteiger charge is -2.14. The second-order valence-corrected chi connectivity index (χ2v) is 6.41. The van der Waals surface area contributed by atoms with E-state index in [0.29, 0.717) is 30.2 Å². The monoisotopic (exact) mass is 290 g/mol. The van der Waals surface area contributed by atoms with Gasteiger partial charge in [0.2, 0.25) is 10.0 Å². The molecule has 1 saturated heterocycles. The first-order valence-corrected chi connectivity index (χ1v) is 7.42. The number of hydrogen-bond donors (Lipinski definition) is 2. The van der Waals surface area contributed by atoms with Crippen LogP contribution in [-0.4, -0.2) is 27.7 Å². The third kappa shape index (κ3) is 2.77. The molecule has 1 aliphatic heterocycles. The van der Waals surface area contributed by atoms with Gasteiger partial charge in [-0.05, 0) is 31.0 Å². The number of anilines is 1. The number of sulfonamides is 1. The van der Waals surface area contributed by atoms with Gasteiger partial charge in [0.05, 0.1) is 22.2 Å². The summed E-state index contributed by atoms with van der Waals surface area (Å²) in [4.78, 5) is 0.163. The zero-order chi connectivity index (χ0) is 13.3. The van der Waals surface area contributed by atoms with E-state index in [2.05, 4.69) is 4.72 Å². The summed E-state index contributed by atoms with van der Waals surface area (Å²) in [6.07, 6.45) is 0.682. The number of aryl methyl sites for hydroxylation is 1. The Kier molecular flexibility index (Phi) is 3.82.